The highest BCUT2D eigenvalue weighted by Gasteiger charge is 2.38. The first kappa shape index (κ1) is 21.4. The van der Waals surface area contributed by atoms with Crippen LogP contribution in [0.25, 0.3) is 0 Å². The minimum absolute atomic E-state index is 0.00160. The largest absolute Gasteiger partial charge is 0.347 e. The first-order valence-corrected chi connectivity index (χ1v) is 11.1. The van der Waals surface area contributed by atoms with Gasteiger partial charge >= 0.3 is 0 Å². The molecule has 0 bridgehead atoms. The molecular weight excluding hydrogens is 437 g/mol. The van der Waals surface area contributed by atoms with Crippen LogP contribution in [-0.4, -0.2) is 26.8 Å². The van der Waals surface area contributed by atoms with E-state index in [2.05, 4.69) is 15.4 Å². The van der Waals surface area contributed by atoms with Crippen LogP contribution in [0.15, 0.2) is 47.4 Å². The SMILES string of the molecule is C[C@@H]1C[C@@H]1C(=O)NCC(=O)Nc1ccc(NS(=O)(=O)c2c(Cl)cccc2Cl)cc1. The lowest BCUT2D eigenvalue weighted by Crippen LogP contribution is -2.34. The molecule has 1 aliphatic carbocycles. The lowest BCUT2D eigenvalue weighted by atomic mass is 10.3. The van der Waals surface area contributed by atoms with Gasteiger partial charge in [-0.1, -0.05) is 36.2 Å². The van der Waals surface area contributed by atoms with Crippen molar-refractivity contribution < 1.29 is 18.0 Å². The van der Waals surface area contributed by atoms with E-state index in [1.807, 2.05) is 6.92 Å². The third-order valence-corrected chi connectivity index (χ3v) is 6.81. The number of halogens is 2. The van der Waals surface area contributed by atoms with Gasteiger partial charge < -0.3 is 10.6 Å². The van der Waals surface area contributed by atoms with E-state index >= 15 is 0 Å². The van der Waals surface area contributed by atoms with Crippen molar-refractivity contribution >= 4 is 56.4 Å². The van der Waals surface area contributed by atoms with Gasteiger partial charge in [0.2, 0.25) is 11.8 Å². The minimum Gasteiger partial charge on any atom is -0.347 e. The second-order valence-corrected chi connectivity index (χ2v) is 9.25. The summed E-state index contributed by atoms with van der Waals surface area (Å²) in [6.07, 6.45) is 0.851. The average molecular weight is 456 g/mol. The van der Waals surface area contributed by atoms with Gasteiger partial charge in [0.25, 0.3) is 10.0 Å². The fourth-order valence-electron chi connectivity index (χ4n) is 2.76. The Hall–Kier alpha value is -2.29. The van der Waals surface area contributed by atoms with Gasteiger partial charge in [0.15, 0.2) is 0 Å². The Morgan fingerprint density at radius 2 is 1.59 bits per heavy atom. The predicted molar refractivity (Wildman–Crippen MR) is 113 cm³/mol. The summed E-state index contributed by atoms with van der Waals surface area (Å²) in [6, 6.07) is 10.5. The van der Waals surface area contributed by atoms with E-state index in [-0.39, 0.29) is 44.9 Å². The molecule has 7 nitrogen and oxygen atoms in total. The molecule has 29 heavy (non-hydrogen) atoms. The molecule has 0 saturated heterocycles. The zero-order valence-corrected chi connectivity index (χ0v) is 17.7. The monoisotopic (exact) mass is 455 g/mol. The van der Waals surface area contributed by atoms with Gasteiger partial charge in [-0.2, -0.15) is 0 Å². The van der Waals surface area contributed by atoms with E-state index in [9.17, 15) is 18.0 Å². The molecule has 0 radical (unpaired) electrons. The Morgan fingerprint density at radius 3 is 2.14 bits per heavy atom. The van der Waals surface area contributed by atoms with Gasteiger partial charge in [0.05, 0.1) is 16.6 Å². The van der Waals surface area contributed by atoms with Crippen molar-refractivity contribution in [3.05, 3.63) is 52.5 Å². The Balaban J connectivity index is 1.58. The average Bonchev–Trinajstić information content (AvgIpc) is 3.37. The van der Waals surface area contributed by atoms with Gasteiger partial charge in [-0.3, -0.25) is 14.3 Å². The first-order valence-electron chi connectivity index (χ1n) is 8.82. The fourth-order valence-corrected chi connectivity index (χ4v) is 4.96. The zero-order valence-electron chi connectivity index (χ0n) is 15.4. The van der Waals surface area contributed by atoms with Gasteiger partial charge in [-0.25, -0.2) is 8.42 Å². The molecule has 0 heterocycles. The van der Waals surface area contributed by atoms with Crippen molar-refractivity contribution in [2.45, 2.75) is 18.2 Å². The molecule has 0 aromatic heterocycles. The molecule has 3 N–H and O–H groups in total. The van der Waals surface area contributed by atoms with Gasteiger partial charge in [-0.05, 0) is 48.7 Å². The van der Waals surface area contributed by atoms with E-state index in [1.165, 1.54) is 36.4 Å². The molecule has 0 unspecified atom stereocenters. The summed E-state index contributed by atoms with van der Waals surface area (Å²) in [5.74, 6) is -0.116. The highest BCUT2D eigenvalue weighted by Crippen LogP contribution is 2.37. The molecule has 2 aromatic carbocycles. The molecule has 3 rings (SSSR count). The maximum atomic E-state index is 12.5. The Morgan fingerprint density at radius 1 is 1.03 bits per heavy atom. The van der Waals surface area contributed by atoms with Crippen LogP contribution in [-0.2, 0) is 19.6 Å². The maximum Gasteiger partial charge on any atom is 0.264 e. The summed E-state index contributed by atoms with van der Waals surface area (Å²) in [5.41, 5.74) is 0.734. The standard InChI is InChI=1S/C19H19Cl2N3O4S/c1-11-9-14(11)19(26)22-10-17(25)23-12-5-7-13(8-6-12)24-29(27,28)18-15(20)3-2-4-16(18)21/h2-8,11,14,24H,9-10H2,1H3,(H,22,26)(H,23,25)/t11-,14+/m1/s1. The van der Waals surface area contributed by atoms with Gasteiger partial charge in [0.1, 0.15) is 4.90 Å². The number of rotatable bonds is 7. The third-order valence-electron chi connectivity index (χ3n) is 4.48. The normalized spacial score (nSPS) is 18.0. The summed E-state index contributed by atoms with van der Waals surface area (Å²) in [4.78, 5) is 23.5. The summed E-state index contributed by atoms with van der Waals surface area (Å²) in [5, 5.41) is 5.25. The van der Waals surface area contributed by atoms with Gasteiger partial charge in [-0.15, -0.1) is 0 Å². The van der Waals surface area contributed by atoms with Crippen LogP contribution in [0, 0.1) is 11.8 Å². The van der Waals surface area contributed by atoms with Gasteiger partial charge in [0, 0.05) is 17.3 Å². The van der Waals surface area contributed by atoms with E-state index in [4.69, 9.17) is 23.2 Å². The number of hydrogen-bond donors (Lipinski definition) is 3. The van der Waals surface area contributed by atoms with Crippen LogP contribution in [0.1, 0.15) is 13.3 Å². The van der Waals surface area contributed by atoms with Crippen LogP contribution in [0.4, 0.5) is 11.4 Å². The molecule has 2 aromatic rings. The van der Waals surface area contributed by atoms with Crippen molar-refractivity contribution in [3.8, 4) is 0 Å². The summed E-state index contributed by atoms with van der Waals surface area (Å²) in [7, 11) is -3.98. The maximum absolute atomic E-state index is 12.5. The molecular formula is C19H19Cl2N3O4S. The zero-order chi connectivity index (χ0) is 21.2. The smallest absolute Gasteiger partial charge is 0.264 e. The molecule has 0 aliphatic heterocycles. The quantitative estimate of drug-likeness (QED) is 0.593. The Kier molecular flexibility index (Phi) is 6.36. The van der Waals surface area contributed by atoms with Crippen molar-refractivity contribution in [2.75, 3.05) is 16.6 Å². The third kappa shape index (κ3) is 5.41. The summed E-state index contributed by atoms with van der Waals surface area (Å²) < 4.78 is 27.5. The number of anilines is 2. The predicted octanol–water partition coefficient (Wildman–Crippen LogP) is 3.50. The Labute approximate surface area is 178 Å². The molecule has 2 atom stereocenters. The molecule has 1 aliphatic rings. The second-order valence-electron chi connectivity index (χ2n) is 6.82. The topological polar surface area (TPSA) is 104 Å². The van der Waals surface area contributed by atoms with E-state index in [0.717, 1.165) is 6.42 Å². The molecule has 10 heteroatoms. The minimum atomic E-state index is -3.98. The van der Waals surface area contributed by atoms with Crippen LogP contribution >= 0.6 is 23.2 Å². The summed E-state index contributed by atoms with van der Waals surface area (Å²) in [6.45, 7) is 1.86. The lowest BCUT2D eigenvalue weighted by molar-refractivity contribution is -0.125. The van der Waals surface area contributed by atoms with E-state index in [1.54, 1.807) is 6.07 Å². The number of carbonyl (C=O) groups is 2. The van der Waals surface area contributed by atoms with Crippen molar-refractivity contribution in [3.63, 3.8) is 0 Å². The highest BCUT2D eigenvalue weighted by molar-refractivity contribution is 7.93. The number of carbonyl (C=O) groups excluding carboxylic acids is 2. The van der Waals surface area contributed by atoms with Crippen molar-refractivity contribution in [1.82, 2.24) is 5.32 Å². The lowest BCUT2D eigenvalue weighted by Gasteiger charge is -2.12. The number of hydrogen-bond acceptors (Lipinski definition) is 4. The highest BCUT2D eigenvalue weighted by atomic mass is 35.5. The number of nitrogens with one attached hydrogen (secondary N) is 3. The van der Waals surface area contributed by atoms with Crippen molar-refractivity contribution in [1.29, 1.82) is 0 Å². The molecule has 1 fully saturated rings. The fraction of sp³-hybridized carbons (Fsp3) is 0.263. The first-order chi connectivity index (χ1) is 13.7. The van der Waals surface area contributed by atoms with Crippen molar-refractivity contribution in [2.24, 2.45) is 11.8 Å². The van der Waals surface area contributed by atoms with Crippen LogP contribution in [0.5, 0.6) is 0 Å². The molecule has 154 valence electrons. The van der Waals surface area contributed by atoms with Crippen LogP contribution < -0.4 is 15.4 Å². The summed E-state index contributed by atoms with van der Waals surface area (Å²) >= 11 is 11.9. The molecule has 2 amide bonds. The Bertz CT molecular complexity index is 1020. The van der Waals surface area contributed by atoms with Crippen LogP contribution in [0.2, 0.25) is 10.0 Å². The number of sulfonamides is 1. The molecule has 0 spiro atoms. The number of benzene rings is 2. The van der Waals surface area contributed by atoms with E-state index in [0.29, 0.717) is 11.6 Å². The van der Waals surface area contributed by atoms with E-state index < -0.39 is 10.0 Å². The molecule has 1 saturated carbocycles. The van der Waals surface area contributed by atoms with Crippen LogP contribution in [0.3, 0.4) is 0 Å². The second kappa shape index (κ2) is 8.61. The number of amides is 2.